The summed E-state index contributed by atoms with van der Waals surface area (Å²) in [6.45, 7) is 4.21. The number of hydrogen-bond acceptors (Lipinski definition) is 3. The summed E-state index contributed by atoms with van der Waals surface area (Å²) in [5, 5.41) is 0. The molecule has 1 aromatic rings. The molecule has 5 nitrogen and oxygen atoms in total. The Balaban J connectivity index is 1.95. The van der Waals surface area contributed by atoms with Crippen molar-refractivity contribution < 1.29 is 4.79 Å². The molecule has 16 heavy (non-hydrogen) atoms. The van der Waals surface area contributed by atoms with Gasteiger partial charge in [0, 0.05) is 37.9 Å². The zero-order chi connectivity index (χ0) is 11.5. The molecule has 1 amide bonds. The molecule has 1 atom stereocenters. The summed E-state index contributed by atoms with van der Waals surface area (Å²) in [6.07, 6.45) is 5.02. The Morgan fingerprint density at radius 1 is 1.62 bits per heavy atom. The number of imidazole rings is 1. The lowest BCUT2D eigenvalue weighted by Gasteiger charge is -2.28. The number of carbonyl (C=O) groups is 1. The molecule has 5 heteroatoms. The summed E-state index contributed by atoms with van der Waals surface area (Å²) in [7, 11) is 0. The lowest BCUT2D eigenvalue weighted by atomic mass is 10.1. The van der Waals surface area contributed by atoms with Crippen molar-refractivity contribution in [2.75, 3.05) is 6.54 Å². The third kappa shape index (κ3) is 2.24. The Morgan fingerprint density at radius 3 is 3.19 bits per heavy atom. The Bertz CT molecular complexity index is 374. The molecule has 0 fully saturated rings. The molecule has 88 valence electrons. The van der Waals surface area contributed by atoms with Crippen LogP contribution in [0.1, 0.15) is 25.6 Å². The Labute approximate surface area is 95.2 Å². The third-order valence-corrected chi connectivity index (χ3v) is 3.06. The molecule has 0 bridgehead atoms. The van der Waals surface area contributed by atoms with Gasteiger partial charge in [-0.05, 0) is 6.42 Å². The van der Waals surface area contributed by atoms with E-state index in [2.05, 4.69) is 9.55 Å². The molecular formula is C11H18N4O. The van der Waals surface area contributed by atoms with Gasteiger partial charge in [-0.15, -0.1) is 0 Å². The summed E-state index contributed by atoms with van der Waals surface area (Å²) in [5.41, 5.74) is 5.79. The van der Waals surface area contributed by atoms with E-state index in [0.717, 1.165) is 25.3 Å². The van der Waals surface area contributed by atoms with E-state index >= 15 is 0 Å². The minimum absolute atomic E-state index is 0.0193. The SMILES string of the molecule is CCC(N)CC(=O)N1CCn2ccnc2C1. The van der Waals surface area contributed by atoms with Gasteiger partial charge in [0.2, 0.25) is 5.91 Å². The van der Waals surface area contributed by atoms with Crippen molar-refractivity contribution in [2.45, 2.75) is 38.9 Å². The van der Waals surface area contributed by atoms with E-state index in [1.807, 2.05) is 18.0 Å². The highest BCUT2D eigenvalue weighted by Gasteiger charge is 2.21. The molecule has 0 saturated heterocycles. The van der Waals surface area contributed by atoms with E-state index in [-0.39, 0.29) is 11.9 Å². The first-order valence-electron chi connectivity index (χ1n) is 5.74. The number of aromatic nitrogens is 2. The molecule has 0 spiro atoms. The smallest absolute Gasteiger partial charge is 0.224 e. The van der Waals surface area contributed by atoms with E-state index in [1.165, 1.54) is 0 Å². The summed E-state index contributed by atoms with van der Waals surface area (Å²) in [5.74, 6) is 1.10. The predicted octanol–water partition coefficient (Wildman–Crippen LogP) is 0.353. The standard InChI is InChI=1S/C11H18N4O/c1-2-9(12)7-11(16)15-6-5-14-4-3-13-10(14)8-15/h3-4,9H,2,5-8,12H2,1H3. The van der Waals surface area contributed by atoms with Gasteiger partial charge in [-0.3, -0.25) is 4.79 Å². The van der Waals surface area contributed by atoms with Gasteiger partial charge in [-0.1, -0.05) is 6.92 Å². The summed E-state index contributed by atoms with van der Waals surface area (Å²) in [6, 6.07) is -0.0193. The van der Waals surface area contributed by atoms with Crippen LogP contribution in [0.2, 0.25) is 0 Å². The first-order chi connectivity index (χ1) is 7.70. The molecule has 2 heterocycles. The molecular weight excluding hydrogens is 204 g/mol. The van der Waals surface area contributed by atoms with Gasteiger partial charge in [0.1, 0.15) is 5.82 Å². The highest BCUT2D eigenvalue weighted by atomic mass is 16.2. The number of nitrogens with zero attached hydrogens (tertiary/aromatic N) is 3. The van der Waals surface area contributed by atoms with E-state index in [1.54, 1.807) is 6.20 Å². The number of hydrogen-bond donors (Lipinski definition) is 1. The molecule has 1 aliphatic heterocycles. The maximum Gasteiger partial charge on any atom is 0.224 e. The van der Waals surface area contributed by atoms with Crippen LogP contribution in [0.5, 0.6) is 0 Å². The van der Waals surface area contributed by atoms with Crippen molar-refractivity contribution in [1.29, 1.82) is 0 Å². The Kier molecular flexibility index (Phi) is 3.24. The average molecular weight is 222 g/mol. The normalized spacial score (nSPS) is 17.0. The van der Waals surface area contributed by atoms with Crippen LogP contribution in [0.15, 0.2) is 12.4 Å². The minimum atomic E-state index is -0.0193. The van der Waals surface area contributed by atoms with Crippen LogP contribution < -0.4 is 5.73 Å². The van der Waals surface area contributed by atoms with Gasteiger partial charge < -0.3 is 15.2 Å². The Morgan fingerprint density at radius 2 is 2.44 bits per heavy atom. The van der Waals surface area contributed by atoms with Gasteiger partial charge >= 0.3 is 0 Å². The van der Waals surface area contributed by atoms with Crippen molar-refractivity contribution in [2.24, 2.45) is 5.73 Å². The van der Waals surface area contributed by atoms with Crippen LogP contribution in [0, 0.1) is 0 Å². The summed E-state index contributed by atoms with van der Waals surface area (Å²) in [4.78, 5) is 18.0. The largest absolute Gasteiger partial charge is 0.333 e. The molecule has 2 N–H and O–H groups in total. The first-order valence-corrected chi connectivity index (χ1v) is 5.74. The van der Waals surface area contributed by atoms with Crippen LogP contribution in [-0.4, -0.2) is 32.9 Å². The highest BCUT2D eigenvalue weighted by Crippen LogP contribution is 2.12. The zero-order valence-corrected chi connectivity index (χ0v) is 9.59. The van der Waals surface area contributed by atoms with Gasteiger partial charge in [0.05, 0.1) is 6.54 Å². The van der Waals surface area contributed by atoms with Crippen molar-refractivity contribution in [3.63, 3.8) is 0 Å². The van der Waals surface area contributed by atoms with Crippen LogP contribution in [-0.2, 0) is 17.9 Å². The molecule has 0 radical (unpaired) electrons. The maximum atomic E-state index is 11.9. The highest BCUT2D eigenvalue weighted by molar-refractivity contribution is 5.76. The van der Waals surface area contributed by atoms with Crippen LogP contribution in [0.4, 0.5) is 0 Å². The van der Waals surface area contributed by atoms with Gasteiger partial charge in [-0.25, -0.2) is 4.98 Å². The van der Waals surface area contributed by atoms with Crippen molar-refractivity contribution >= 4 is 5.91 Å². The second-order valence-corrected chi connectivity index (χ2v) is 4.22. The lowest BCUT2D eigenvalue weighted by Crippen LogP contribution is -2.40. The molecule has 0 aromatic carbocycles. The average Bonchev–Trinajstić information content (AvgIpc) is 2.75. The van der Waals surface area contributed by atoms with Crippen LogP contribution >= 0.6 is 0 Å². The topological polar surface area (TPSA) is 64.2 Å². The monoisotopic (exact) mass is 222 g/mol. The molecule has 0 aliphatic carbocycles. The Hall–Kier alpha value is -1.36. The minimum Gasteiger partial charge on any atom is -0.333 e. The van der Waals surface area contributed by atoms with Gasteiger partial charge in [0.25, 0.3) is 0 Å². The van der Waals surface area contributed by atoms with E-state index < -0.39 is 0 Å². The second-order valence-electron chi connectivity index (χ2n) is 4.22. The van der Waals surface area contributed by atoms with E-state index in [0.29, 0.717) is 13.0 Å². The predicted molar refractivity (Wildman–Crippen MR) is 60.5 cm³/mol. The quantitative estimate of drug-likeness (QED) is 0.802. The number of fused-ring (bicyclic) bond motifs is 1. The van der Waals surface area contributed by atoms with Crippen molar-refractivity contribution in [3.8, 4) is 0 Å². The summed E-state index contributed by atoms with van der Waals surface area (Å²) >= 11 is 0. The van der Waals surface area contributed by atoms with Crippen molar-refractivity contribution in [3.05, 3.63) is 18.2 Å². The van der Waals surface area contributed by atoms with Gasteiger partial charge in [0.15, 0.2) is 0 Å². The zero-order valence-electron chi connectivity index (χ0n) is 9.59. The van der Waals surface area contributed by atoms with E-state index in [9.17, 15) is 4.79 Å². The number of carbonyl (C=O) groups excluding carboxylic acids is 1. The second kappa shape index (κ2) is 4.65. The van der Waals surface area contributed by atoms with Crippen LogP contribution in [0.25, 0.3) is 0 Å². The van der Waals surface area contributed by atoms with Crippen molar-refractivity contribution in [1.82, 2.24) is 14.5 Å². The first kappa shape index (κ1) is 11.1. The molecule has 0 saturated carbocycles. The maximum absolute atomic E-state index is 11.9. The van der Waals surface area contributed by atoms with Gasteiger partial charge in [-0.2, -0.15) is 0 Å². The number of rotatable bonds is 3. The molecule has 1 aliphatic rings. The fourth-order valence-corrected chi connectivity index (χ4v) is 1.88. The molecule has 2 rings (SSSR count). The molecule has 1 unspecified atom stereocenters. The summed E-state index contributed by atoms with van der Waals surface area (Å²) < 4.78 is 2.09. The van der Waals surface area contributed by atoms with E-state index in [4.69, 9.17) is 5.73 Å². The third-order valence-electron chi connectivity index (χ3n) is 3.06. The van der Waals surface area contributed by atoms with Crippen LogP contribution in [0.3, 0.4) is 0 Å². The molecule has 1 aromatic heterocycles. The number of nitrogens with two attached hydrogens (primary N) is 1. The number of amides is 1. The fraction of sp³-hybridized carbons (Fsp3) is 0.636. The lowest BCUT2D eigenvalue weighted by molar-refractivity contribution is -0.133. The fourth-order valence-electron chi connectivity index (χ4n) is 1.88.